The lowest BCUT2D eigenvalue weighted by Gasteiger charge is -2.31. The number of rotatable bonds is 3. The van der Waals surface area contributed by atoms with Crippen LogP contribution in [0.5, 0.6) is 5.75 Å². The summed E-state index contributed by atoms with van der Waals surface area (Å²) in [5.41, 5.74) is 9.61. The first-order valence-electron chi connectivity index (χ1n) is 15.9. The van der Waals surface area contributed by atoms with E-state index < -0.39 is 0 Å². The summed E-state index contributed by atoms with van der Waals surface area (Å²) in [5, 5.41) is 5.43. The SMILES string of the molecule is C1=CCC(c2c3ccccc3c(-c3ccc4c(c3)C3c5ccccc5C=CC3O4)c3ccccc23)C(C2C=CCCC2)=C1. The zero-order chi connectivity index (χ0) is 28.3. The van der Waals surface area contributed by atoms with Gasteiger partial charge in [0.1, 0.15) is 11.9 Å². The van der Waals surface area contributed by atoms with E-state index in [0.717, 1.165) is 12.2 Å². The zero-order valence-electron chi connectivity index (χ0n) is 24.2. The van der Waals surface area contributed by atoms with Crippen LogP contribution in [-0.4, -0.2) is 6.10 Å². The zero-order valence-corrected chi connectivity index (χ0v) is 24.2. The Morgan fingerprint density at radius 3 is 2.26 bits per heavy atom. The third-order valence-electron chi connectivity index (χ3n) is 10.2. The maximum absolute atomic E-state index is 6.50. The van der Waals surface area contributed by atoms with E-state index in [1.54, 1.807) is 5.57 Å². The number of hydrogen-bond donors (Lipinski definition) is 0. The van der Waals surface area contributed by atoms with Crippen molar-refractivity contribution < 1.29 is 4.74 Å². The van der Waals surface area contributed by atoms with Gasteiger partial charge >= 0.3 is 0 Å². The Labute approximate surface area is 253 Å². The first-order valence-corrected chi connectivity index (χ1v) is 15.9. The molecule has 1 heteroatoms. The van der Waals surface area contributed by atoms with Crippen LogP contribution in [0.3, 0.4) is 0 Å². The maximum Gasteiger partial charge on any atom is 0.128 e. The highest BCUT2D eigenvalue weighted by Crippen LogP contribution is 2.51. The molecule has 0 aromatic heterocycles. The van der Waals surface area contributed by atoms with Gasteiger partial charge in [0.05, 0.1) is 5.92 Å². The first-order chi connectivity index (χ1) is 21.3. The summed E-state index contributed by atoms with van der Waals surface area (Å²) in [4.78, 5) is 0. The molecule has 4 unspecified atom stereocenters. The number of ether oxygens (including phenoxy) is 1. The lowest BCUT2D eigenvalue weighted by atomic mass is 9.73. The van der Waals surface area contributed by atoms with Crippen LogP contribution in [0, 0.1) is 5.92 Å². The van der Waals surface area contributed by atoms with E-state index in [-0.39, 0.29) is 12.0 Å². The van der Waals surface area contributed by atoms with Gasteiger partial charge in [0.2, 0.25) is 0 Å². The van der Waals surface area contributed by atoms with Crippen LogP contribution in [0.2, 0.25) is 0 Å². The maximum atomic E-state index is 6.50. The van der Waals surface area contributed by atoms with Crippen molar-refractivity contribution in [3.05, 3.63) is 155 Å². The van der Waals surface area contributed by atoms with Crippen LogP contribution in [0.1, 0.15) is 59.8 Å². The lowest BCUT2D eigenvalue weighted by Crippen LogP contribution is -2.20. The van der Waals surface area contributed by atoms with Crippen molar-refractivity contribution in [2.24, 2.45) is 5.92 Å². The predicted octanol–water partition coefficient (Wildman–Crippen LogP) is 10.9. The van der Waals surface area contributed by atoms with Gasteiger partial charge in [-0.25, -0.2) is 0 Å². The van der Waals surface area contributed by atoms with Gasteiger partial charge in [0.15, 0.2) is 0 Å². The summed E-state index contributed by atoms with van der Waals surface area (Å²) in [6, 6.07) is 34.0. The number of hydrogen-bond acceptors (Lipinski definition) is 1. The second-order valence-electron chi connectivity index (χ2n) is 12.5. The fourth-order valence-corrected chi connectivity index (χ4v) is 8.34. The molecule has 0 saturated carbocycles. The second-order valence-corrected chi connectivity index (χ2v) is 12.5. The molecule has 3 aliphatic carbocycles. The average molecular weight is 555 g/mol. The van der Waals surface area contributed by atoms with Crippen molar-refractivity contribution >= 4 is 27.6 Å². The van der Waals surface area contributed by atoms with Gasteiger partial charge in [0.25, 0.3) is 0 Å². The van der Waals surface area contributed by atoms with Gasteiger partial charge in [0, 0.05) is 11.5 Å². The molecule has 0 spiro atoms. The van der Waals surface area contributed by atoms with E-state index >= 15 is 0 Å². The molecule has 43 heavy (non-hydrogen) atoms. The van der Waals surface area contributed by atoms with Crippen LogP contribution in [0.4, 0.5) is 0 Å². The van der Waals surface area contributed by atoms with Crippen molar-refractivity contribution in [1.82, 2.24) is 0 Å². The highest BCUT2D eigenvalue weighted by molar-refractivity contribution is 6.15. The Morgan fingerprint density at radius 2 is 1.47 bits per heavy atom. The molecule has 0 radical (unpaired) electrons. The van der Waals surface area contributed by atoms with Crippen LogP contribution in [0.25, 0.3) is 38.7 Å². The summed E-state index contributed by atoms with van der Waals surface area (Å²) in [6.07, 6.45) is 21.2. The van der Waals surface area contributed by atoms with Gasteiger partial charge < -0.3 is 4.74 Å². The molecule has 1 aliphatic heterocycles. The summed E-state index contributed by atoms with van der Waals surface area (Å²) >= 11 is 0. The van der Waals surface area contributed by atoms with Crippen molar-refractivity contribution in [3.63, 3.8) is 0 Å². The summed E-state index contributed by atoms with van der Waals surface area (Å²) < 4.78 is 6.50. The number of fused-ring (bicyclic) bond motifs is 7. The largest absolute Gasteiger partial charge is 0.485 e. The molecule has 9 rings (SSSR count). The topological polar surface area (TPSA) is 9.23 Å². The standard InChI is InChI=1S/C42H34O/c1-2-12-27(13-3-1)30-15-6-7-17-32(30)41-35-20-10-8-18-33(35)40(34-19-9-11-21-36(34)41)29-23-24-38-37(26-29)42-31-16-5-4-14-28(31)22-25-39(42)43-38/h2,4-12,14-16,18-27,32,39,42H,1,3,13,17H2. The van der Waals surface area contributed by atoms with Crippen LogP contribution in [-0.2, 0) is 0 Å². The Bertz CT molecular complexity index is 1980. The fourth-order valence-electron chi connectivity index (χ4n) is 8.34. The van der Waals surface area contributed by atoms with Crippen molar-refractivity contribution in [2.75, 3.05) is 0 Å². The Balaban J connectivity index is 1.26. The van der Waals surface area contributed by atoms with Gasteiger partial charge in [-0.1, -0.05) is 121 Å². The van der Waals surface area contributed by atoms with E-state index in [1.807, 2.05) is 0 Å². The quantitative estimate of drug-likeness (QED) is 0.159. The predicted molar refractivity (Wildman–Crippen MR) is 180 cm³/mol. The molecule has 208 valence electrons. The van der Waals surface area contributed by atoms with Crippen LogP contribution >= 0.6 is 0 Å². The average Bonchev–Trinajstić information content (AvgIpc) is 3.46. The first kappa shape index (κ1) is 24.9. The molecule has 0 fully saturated rings. The van der Waals surface area contributed by atoms with E-state index in [2.05, 4.69) is 134 Å². The Hall–Kier alpha value is -4.62. The second kappa shape index (κ2) is 9.99. The van der Waals surface area contributed by atoms with Crippen LogP contribution in [0.15, 0.2) is 133 Å². The van der Waals surface area contributed by atoms with Gasteiger partial charge in [-0.15, -0.1) is 0 Å². The van der Waals surface area contributed by atoms with E-state index in [0.29, 0.717) is 11.8 Å². The molecule has 4 atom stereocenters. The molecule has 0 N–H and O–H groups in total. The van der Waals surface area contributed by atoms with Crippen molar-refractivity contribution in [3.8, 4) is 16.9 Å². The van der Waals surface area contributed by atoms with Gasteiger partial charge in [-0.3, -0.25) is 0 Å². The minimum atomic E-state index is 0.0504. The highest BCUT2D eigenvalue weighted by atomic mass is 16.5. The van der Waals surface area contributed by atoms with E-state index in [1.165, 1.54) is 74.2 Å². The molecular weight excluding hydrogens is 520 g/mol. The Kier molecular flexibility index (Phi) is 5.79. The van der Waals surface area contributed by atoms with Crippen LogP contribution < -0.4 is 4.74 Å². The molecule has 1 heterocycles. The lowest BCUT2D eigenvalue weighted by molar-refractivity contribution is 0.267. The van der Waals surface area contributed by atoms with Gasteiger partial charge in [-0.05, 0) is 99.2 Å². The molecule has 4 aliphatic rings. The molecule has 0 saturated heterocycles. The van der Waals surface area contributed by atoms with Crippen molar-refractivity contribution in [2.45, 2.75) is 43.6 Å². The Morgan fingerprint density at radius 1 is 0.698 bits per heavy atom. The molecule has 5 aromatic carbocycles. The summed E-state index contributed by atoms with van der Waals surface area (Å²) in [7, 11) is 0. The minimum Gasteiger partial charge on any atom is -0.485 e. The van der Waals surface area contributed by atoms with E-state index in [9.17, 15) is 0 Å². The molecule has 1 nitrogen and oxygen atoms in total. The summed E-state index contributed by atoms with van der Waals surface area (Å²) in [6.45, 7) is 0. The van der Waals surface area contributed by atoms with Gasteiger partial charge in [-0.2, -0.15) is 0 Å². The molecular formula is C42H34O. The monoisotopic (exact) mass is 554 g/mol. The smallest absolute Gasteiger partial charge is 0.128 e. The molecule has 0 amide bonds. The third-order valence-corrected chi connectivity index (χ3v) is 10.2. The fraction of sp³-hybridized carbons (Fsp3) is 0.190. The molecule has 5 aromatic rings. The molecule has 0 bridgehead atoms. The minimum absolute atomic E-state index is 0.0504. The number of benzene rings is 5. The number of allylic oxidation sites excluding steroid dienone is 6. The highest BCUT2D eigenvalue weighted by Gasteiger charge is 2.37. The summed E-state index contributed by atoms with van der Waals surface area (Å²) in [5.74, 6) is 2.13. The van der Waals surface area contributed by atoms with E-state index in [4.69, 9.17) is 4.74 Å². The van der Waals surface area contributed by atoms with Crippen molar-refractivity contribution in [1.29, 1.82) is 0 Å². The normalized spacial score (nSPS) is 23.5. The third kappa shape index (κ3) is 3.91.